The maximum atomic E-state index is 5.41. The van der Waals surface area contributed by atoms with Crippen molar-refractivity contribution in [3.8, 4) is 5.75 Å². The van der Waals surface area contributed by atoms with E-state index in [0.717, 1.165) is 25.1 Å². The summed E-state index contributed by atoms with van der Waals surface area (Å²) >= 11 is 0. The minimum Gasteiger partial charge on any atom is -0.496 e. The normalized spacial score (nSPS) is 12.1. The third-order valence-corrected chi connectivity index (χ3v) is 3.87. The summed E-state index contributed by atoms with van der Waals surface area (Å²) in [6, 6.07) is 17.3. The zero-order valence-electron chi connectivity index (χ0n) is 13.2. The van der Waals surface area contributed by atoms with Crippen molar-refractivity contribution in [2.75, 3.05) is 13.7 Å². The first-order valence-corrected chi connectivity index (χ1v) is 7.60. The first-order chi connectivity index (χ1) is 10.2. The summed E-state index contributed by atoms with van der Waals surface area (Å²) in [4.78, 5) is 0. The Balaban J connectivity index is 1.82. The van der Waals surface area contributed by atoms with Gasteiger partial charge in [-0.25, -0.2) is 0 Å². The van der Waals surface area contributed by atoms with E-state index in [1.807, 2.05) is 12.1 Å². The maximum Gasteiger partial charge on any atom is 0.122 e. The number of hydrogen-bond donors (Lipinski definition) is 1. The van der Waals surface area contributed by atoms with Crippen molar-refractivity contribution in [2.45, 2.75) is 32.7 Å². The number of para-hydroxylation sites is 1. The molecule has 2 nitrogen and oxygen atoms in total. The van der Waals surface area contributed by atoms with E-state index in [1.54, 1.807) is 7.11 Å². The van der Waals surface area contributed by atoms with Crippen LogP contribution >= 0.6 is 0 Å². The van der Waals surface area contributed by atoms with E-state index in [9.17, 15) is 0 Å². The van der Waals surface area contributed by atoms with Gasteiger partial charge in [-0.3, -0.25) is 0 Å². The molecule has 0 spiro atoms. The molecular weight excluding hydrogens is 258 g/mol. The van der Waals surface area contributed by atoms with Crippen LogP contribution in [-0.4, -0.2) is 19.7 Å². The first-order valence-electron chi connectivity index (χ1n) is 7.60. The number of aryl methyl sites for hydroxylation is 1. The lowest BCUT2D eigenvalue weighted by Gasteiger charge is -2.16. The largest absolute Gasteiger partial charge is 0.496 e. The third kappa shape index (κ3) is 4.61. The van der Waals surface area contributed by atoms with Crippen molar-refractivity contribution in [3.05, 3.63) is 65.2 Å². The fourth-order valence-electron chi connectivity index (χ4n) is 2.62. The summed E-state index contributed by atoms with van der Waals surface area (Å²) in [5.74, 6) is 0.977. The van der Waals surface area contributed by atoms with Crippen molar-refractivity contribution in [1.29, 1.82) is 0 Å². The highest BCUT2D eigenvalue weighted by molar-refractivity contribution is 5.33. The number of methoxy groups -OCH3 is 1. The molecule has 0 radical (unpaired) electrons. The smallest absolute Gasteiger partial charge is 0.122 e. The molecule has 1 atom stereocenters. The highest BCUT2D eigenvalue weighted by Crippen LogP contribution is 2.18. The zero-order chi connectivity index (χ0) is 15.1. The number of rotatable bonds is 7. The van der Waals surface area contributed by atoms with Gasteiger partial charge >= 0.3 is 0 Å². The van der Waals surface area contributed by atoms with Crippen LogP contribution in [0.1, 0.15) is 23.6 Å². The van der Waals surface area contributed by atoms with Gasteiger partial charge in [0.15, 0.2) is 0 Å². The number of hydrogen-bond acceptors (Lipinski definition) is 2. The number of nitrogens with one attached hydrogen (secondary N) is 1. The fourth-order valence-corrected chi connectivity index (χ4v) is 2.62. The van der Waals surface area contributed by atoms with E-state index in [-0.39, 0.29) is 0 Å². The van der Waals surface area contributed by atoms with Gasteiger partial charge in [0, 0.05) is 6.04 Å². The summed E-state index contributed by atoms with van der Waals surface area (Å²) in [6.07, 6.45) is 2.06. The van der Waals surface area contributed by atoms with Crippen LogP contribution in [0.3, 0.4) is 0 Å². The second-order valence-corrected chi connectivity index (χ2v) is 5.55. The lowest BCUT2D eigenvalue weighted by molar-refractivity contribution is 0.406. The van der Waals surface area contributed by atoms with Crippen molar-refractivity contribution in [2.24, 2.45) is 0 Å². The molecule has 2 heteroatoms. The molecule has 21 heavy (non-hydrogen) atoms. The molecular formula is C19H25NO. The molecule has 1 unspecified atom stereocenters. The summed E-state index contributed by atoms with van der Waals surface area (Å²) in [7, 11) is 1.73. The van der Waals surface area contributed by atoms with Gasteiger partial charge in [0.25, 0.3) is 0 Å². The van der Waals surface area contributed by atoms with Crippen molar-refractivity contribution in [1.82, 2.24) is 5.32 Å². The van der Waals surface area contributed by atoms with Crippen molar-refractivity contribution in [3.63, 3.8) is 0 Å². The van der Waals surface area contributed by atoms with Gasteiger partial charge in [-0.15, -0.1) is 0 Å². The summed E-state index contributed by atoms with van der Waals surface area (Å²) < 4.78 is 5.41. The zero-order valence-corrected chi connectivity index (χ0v) is 13.2. The van der Waals surface area contributed by atoms with E-state index >= 15 is 0 Å². The van der Waals surface area contributed by atoms with E-state index < -0.39 is 0 Å². The number of ether oxygens (including phenoxy) is 1. The van der Waals surface area contributed by atoms with Gasteiger partial charge in [0.05, 0.1) is 7.11 Å². The van der Waals surface area contributed by atoms with Crippen molar-refractivity contribution < 1.29 is 4.74 Å². The van der Waals surface area contributed by atoms with Crippen LogP contribution in [0.5, 0.6) is 5.75 Å². The Morgan fingerprint density at radius 3 is 2.38 bits per heavy atom. The van der Waals surface area contributed by atoms with E-state index in [1.165, 1.54) is 16.7 Å². The monoisotopic (exact) mass is 283 g/mol. The Hall–Kier alpha value is -1.80. The molecule has 2 aromatic carbocycles. The third-order valence-electron chi connectivity index (χ3n) is 3.87. The topological polar surface area (TPSA) is 21.3 Å². The Kier molecular flexibility index (Phi) is 5.82. The quantitative estimate of drug-likeness (QED) is 0.835. The van der Waals surface area contributed by atoms with Crippen LogP contribution in [0.4, 0.5) is 0 Å². The van der Waals surface area contributed by atoms with Gasteiger partial charge in [-0.2, -0.15) is 0 Å². The molecule has 2 rings (SSSR count). The van der Waals surface area contributed by atoms with Crippen molar-refractivity contribution >= 4 is 0 Å². The molecule has 2 aromatic rings. The molecule has 0 fully saturated rings. The molecule has 0 saturated heterocycles. The van der Waals surface area contributed by atoms with Crippen LogP contribution in [0.15, 0.2) is 48.5 Å². The molecule has 0 aromatic heterocycles. The Bertz CT molecular complexity index is 565. The first kappa shape index (κ1) is 15.6. The van der Waals surface area contributed by atoms with Gasteiger partial charge in [-0.1, -0.05) is 42.5 Å². The van der Waals surface area contributed by atoms with Crippen LogP contribution in [0.25, 0.3) is 0 Å². The summed E-state index contributed by atoms with van der Waals surface area (Å²) in [5.41, 5.74) is 4.06. The maximum absolute atomic E-state index is 5.41. The molecule has 0 aliphatic rings. The van der Waals surface area contributed by atoms with Crippen LogP contribution in [-0.2, 0) is 12.8 Å². The standard InChI is InChI=1S/C19H25NO/c1-15-8-4-5-9-17(15)12-13-20-16(2)14-18-10-6-7-11-19(18)21-3/h4-11,16,20H,12-14H2,1-3H3. The highest BCUT2D eigenvalue weighted by Gasteiger charge is 2.07. The molecule has 0 aliphatic carbocycles. The highest BCUT2D eigenvalue weighted by atomic mass is 16.5. The molecule has 0 aliphatic heterocycles. The van der Waals surface area contributed by atoms with E-state index in [2.05, 4.69) is 55.6 Å². The molecule has 0 bridgehead atoms. The molecule has 112 valence electrons. The second kappa shape index (κ2) is 7.84. The van der Waals surface area contributed by atoms with Gasteiger partial charge in [-0.05, 0) is 56.0 Å². The van der Waals surface area contributed by atoms with E-state index in [0.29, 0.717) is 6.04 Å². The lowest BCUT2D eigenvalue weighted by Crippen LogP contribution is -2.30. The van der Waals surface area contributed by atoms with Crippen LogP contribution in [0, 0.1) is 6.92 Å². The molecule has 0 saturated carbocycles. The predicted molar refractivity (Wildman–Crippen MR) is 89.0 cm³/mol. The van der Waals surface area contributed by atoms with E-state index in [4.69, 9.17) is 4.74 Å². The van der Waals surface area contributed by atoms with Gasteiger partial charge < -0.3 is 10.1 Å². The van der Waals surface area contributed by atoms with Gasteiger partial charge in [0.2, 0.25) is 0 Å². The van der Waals surface area contributed by atoms with Crippen LogP contribution < -0.4 is 10.1 Å². The average molecular weight is 283 g/mol. The SMILES string of the molecule is COc1ccccc1CC(C)NCCc1ccccc1C. The minimum absolute atomic E-state index is 0.435. The lowest BCUT2D eigenvalue weighted by atomic mass is 10.0. The summed E-state index contributed by atoms with van der Waals surface area (Å²) in [5, 5.41) is 3.60. The Morgan fingerprint density at radius 1 is 1.00 bits per heavy atom. The molecule has 0 amide bonds. The molecule has 0 heterocycles. The Labute approximate surface area is 128 Å². The fraction of sp³-hybridized carbons (Fsp3) is 0.368. The number of benzene rings is 2. The second-order valence-electron chi connectivity index (χ2n) is 5.55. The minimum atomic E-state index is 0.435. The van der Waals surface area contributed by atoms with Crippen LogP contribution in [0.2, 0.25) is 0 Å². The molecule has 1 N–H and O–H groups in total. The summed E-state index contributed by atoms with van der Waals surface area (Å²) in [6.45, 7) is 5.40. The predicted octanol–water partition coefficient (Wildman–Crippen LogP) is 3.77. The average Bonchev–Trinajstić information content (AvgIpc) is 2.50. The Morgan fingerprint density at radius 2 is 1.67 bits per heavy atom. The van der Waals surface area contributed by atoms with Gasteiger partial charge in [0.1, 0.15) is 5.75 Å².